The second kappa shape index (κ2) is 12.6. The molecule has 5 nitrogen and oxygen atoms in total. The molecule has 0 bridgehead atoms. The van der Waals surface area contributed by atoms with Crippen LogP contribution in [0, 0.1) is 0 Å². The van der Waals surface area contributed by atoms with E-state index in [0.717, 1.165) is 82.6 Å². The predicted octanol–water partition coefficient (Wildman–Crippen LogP) is 13.9. The highest BCUT2D eigenvalue weighted by Crippen LogP contribution is 2.43. The summed E-state index contributed by atoms with van der Waals surface area (Å²) in [5.41, 5.74) is 10.1. The van der Waals surface area contributed by atoms with Crippen LogP contribution in [0.25, 0.3) is 115 Å². The molecule has 12 aromatic rings. The number of hydrogen-bond donors (Lipinski definition) is 0. The zero-order valence-corrected chi connectivity index (χ0v) is 31.2. The van der Waals surface area contributed by atoms with Gasteiger partial charge in [0.25, 0.3) is 0 Å². The van der Waals surface area contributed by atoms with Gasteiger partial charge in [0.15, 0.2) is 17.5 Å². The Kier molecular flexibility index (Phi) is 7.03. The molecule has 0 atom stereocenters. The number of thiophene rings is 1. The van der Waals surface area contributed by atoms with Crippen LogP contribution in [0.3, 0.4) is 0 Å². The summed E-state index contributed by atoms with van der Waals surface area (Å²) in [5, 5.41) is 6.74. The maximum atomic E-state index is 6.88. The summed E-state index contributed by atoms with van der Waals surface area (Å²) in [7, 11) is 0. The van der Waals surface area contributed by atoms with E-state index in [1.54, 1.807) is 11.3 Å². The molecule has 0 aliphatic rings. The summed E-state index contributed by atoms with van der Waals surface area (Å²) in [4.78, 5) is 15.6. The van der Waals surface area contributed by atoms with E-state index in [4.69, 9.17) is 19.4 Å². The van der Waals surface area contributed by atoms with Gasteiger partial charge in [-0.1, -0.05) is 127 Å². The highest BCUT2D eigenvalue weighted by molar-refractivity contribution is 7.25. The van der Waals surface area contributed by atoms with Gasteiger partial charge >= 0.3 is 0 Å². The summed E-state index contributed by atoms with van der Waals surface area (Å²) in [5.74, 6) is 1.84. The molecule has 4 heterocycles. The van der Waals surface area contributed by atoms with Crippen LogP contribution in [0.4, 0.5) is 0 Å². The first-order chi connectivity index (χ1) is 28.2. The number of fused-ring (bicyclic) bond motifs is 10. The first kappa shape index (κ1) is 31.9. The molecule has 8 aromatic carbocycles. The largest absolute Gasteiger partial charge is 0.455 e. The van der Waals surface area contributed by atoms with Crippen LogP contribution in [0.15, 0.2) is 186 Å². The molecule has 0 aliphatic carbocycles. The van der Waals surface area contributed by atoms with Crippen molar-refractivity contribution in [2.24, 2.45) is 0 Å². The summed E-state index contributed by atoms with van der Waals surface area (Å²) in [6, 6.07) is 63.7. The van der Waals surface area contributed by atoms with Gasteiger partial charge in [-0.05, 0) is 65.7 Å². The van der Waals surface area contributed by atoms with Gasteiger partial charge in [0.2, 0.25) is 0 Å². The number of hydrogen-bond acceptors (Lipinski definition) is 5. The minimum absolute atomic E-state index is 0.590. The van der Waals surface area contributed by atoms with E-state index < -0.39 is 0 Å². The van der Waals surface area contributed by atoms with Crippen molar-refractivity contribution in [1.82, 2.24) is 19.5 Å². The molecule has 0 unspecified atom stereocenters. The fraction of sp³-hybridized carbons (Fsp3) is 0. The molecule has 0 fully saturated rings. The zero-order chi connectivity index (χ0) is 37.5. The summed E-state index contributed by atoms with van der Waals surface area (Å²) < 4.78 is 11.6. The molecule has 266 valence electrons. The minimum atomic E-state index is 0.590. The predicted molar refractivity (Wildman–Crippen MR) is 236 cm³/mol. The first-order valence-corrected chi connectivity index (χ1v) is 19.8. The maximum Gasteiger partial charge on any atom is 0.164 e. The van der Waals surface area contributed by atoms with E-state index in [1.807, 2.05) is 6.07 Å². The second-order valence-corrected chi connectivity index (χ2v) is 15.4. The lowest BCUT2D eigenvalue weighted by Crippen LogP contribution is -2.00. The Labute approximate surface area is 330 Å². The summed E-state index contributed by atoms with van der Waals surface area (Å²) in [6.07, 6.45) is 0. The Balaban J connectivity index is 1.06. The van der Waals surface area contributed by atoms with Crippen molar-refractivity contribution in [3.63, 3.8) is 0 Å². The van der Waals surface area contributed by atoms with Gasteiger partial charge in [0.05, 0.1) is 16.4 Å². The van der Waals surface area contributed by atoms with Crippen molar-refractivity contribution in [1.29, 1.82) is 0 Å². The Hall–Kier alpha value is -7.41. The molecular weight excluding hydrogens is 717 g/mol. The van der Waals surface area contributed by atoms with Gasteiger partial charge in [-0.2, -0.15) is 0 Å². The molecule has 57 heavy (non-hydrogen) atoms. The molecular formula is C51H30N4OS. The van der Waals surface area contributed by atoms with Gasteiger partial charge in [-0.25, -0.2) is 15.0 Å². The van der Waals surface area contributed by atoms with Gasteiger partial charge in [-0.3, -0.25) is 0 Å². The van der Waals surface area contributed by atoms with Crippen molar-refractivity contribution < 1.29 is 4.42 Å². The van der Waals surface area contributed by atoms with Crippen LogP contribution >= 0.6 is 11.3 Å². The van der Waals surface area contributed by atoms with E-state index in [0.29, 0.717) is 17.5 Å². The van der Waals surface area contributed by atoms with Gasteiger partial charge in [0.1, 0.15) is 11.2 Å². The van der Waals surface area contributed by atoms with E-state index in [1.165, 1.54) is 14.8 Å². The lowest BCUT2D eigenvalue weighted by molar-refractivity contribution is 0.673. The van der Waals surface area contributed by atoms with E-state index in [9.17, 15) is 0 Å². The molecule has 0 N–H and O–H groups in total. The first-order valence-electron chi connectivity index (χ1n) is 19.0. The minimum Gasteiger partial charge on any atom is -0.455 e. The van der Waals surface area contributed by atoms with E-state index >= 15 is 0 Å². The average molecular weight is 747 g/mol. The molecule has 0 radical (unpaired) electrons. The smallest absolute Gasteiger partial charge is 0.164 e. The van der Waals surface area contributed by atoms with E-state index in [-0.39, 0.29) is 0 Å². The van der Waals surface area contributed by atoms with Gasteiger partial charge < -0.3 is 8.98 Å². The van der Waals surface area contributed by atoms with Crippen LogP contribution in [0.5, 0.6) is 0 Å². The van der Waals surface area contributed by atoms with Crippen molar-refractivity contribution in [3.05, 3.63) is 182 Å². The van der Waals surface area contributed by atoms with Crippen molar-refractivity contribution in [3.8, 4) is 51.0 Å². The molecule has 0 spiro atoms. The lowest BCUT2D eigenvalue weighted by atomic mass is 10.0. The fourth-order valence-electron chi connectivity index (χ4n) is 8.44. The van der Waals surface area contributed by atoms with Crippen LogP contribution in [0.2, 0.25) is 0 Å². The van der Waals surface area contributed by atoms with Crippen LogP contribution in [-0.2, 0) is 0 Å². The molecule has 0 saturated heterocycles. The molecule has 12 rings (SSSR count). The van der Waals surface area contributed by atoms with Crippen molar-refractivity contribution in [2.75, 3.05) is 0 Å². The number of rotatable bonds is 5. The molecule has 0 aliphatic heterocycles. The fourth-order valence-corrected chi connectivity index (χ4v) is 9.57. The maximum absolute atomic E-state index is 6.88. The third kappa shape index (κ3) is 5.04. The molecule has 6 heteroatoms. The topological polar surface area (TPSA) is 56.7 Å². The highest BCUT2D eigenvalue weighted by Gasteiger charge is 2.21. The highest BCUT2D eigenvalue weighted by atomic mass is 32.1. The Morgan fingerprint density at radius 3 is 1.88 bits per heavy atom. The molecule has 4 aromatic heterocycles. The third-order valence-electron chi connectivity index (χ3n) is 11.1. The summed E-state index contributed by atoms with van der Waals surface area (Å²) in [6.45, 7) is 0. The van der Waals surface area contributed by atoms with Crippen molar-refractivity contribution >= 4 is 75.3 Å². The third-order valence-corrected chi connectivity index (χ3v) is 12.2. The second-order valence-electron chi connectivity index (χ2n) is 14.4. The zero-order valence-electron chi connectivity index (χ0n) is 30.4. The summed E-state index contributed by atoms with van der Waals surface area (Å²) >= 11 is 1.79. The Morgan fingerprint density at radius 2 is 1.04 bits per heavy atom. The number of para-hydroxylation sites is 2. The van der Waals surface area contributed by atoms with Gasteiger partial charge in [-0.15, -0.1) is 11.3 Å². The number of furan rings is 1. The lowest BCUT2D eigenvalue weighted by Gasteiger charge is -2.10. The van der Waals surface area contributed by atoms with Gasteiger partial charge in [0, 0.05) is 58.7 Å². The standard InChI is InChI=1S/C51H30N4OS/c1-3-12-31(13-4-1)32-22-24-33(25-23-32)49-52-50(54-51(53-49)40-18-11-21-45-46(40)39-17-8-10-20-44(39)57-45)34-26-27-36-37-28-29-42-47(48(37)56-43(36)30-34)38-16-7-9-19-41(38)55(42)35-14-5-2-6-15-35/h1-30H. The van der Waals surface area contributed by atoms with Crippen molar-refractivity contribution in [2.45, 2.75) is 0 Å². The average Bonchev–Trinajstić information content (AvgIpc) is 3.96. The number of nitrogens with zero attached hydrogens (tertiary/aromatic N) is 4. The van der Waals surface area contributed by atoms with Crippen LogP contribution in [-0.4, -0.2) is 19.5 Å². The van der Waals surface area contributed by atoms with Crippen LogP contribution in [0.1, 0.15) is 0 Å². The van der Waals surface area contributed by atoms with E-state index in [2.05, 4.69) is 180 Å². The molecule has 0 amide bonds. The monoisotopic (exact) mass is 746 g/mol. The Morgan fingerprint density at radius 1 is 0.404 bits per heavy atom. The normalized spacial score (nSPS) is 11.9. The van der Waals surface area contributed by atoms with Crippen LogP contribution < -0.4 is 0 Å². The Bertz CT molecular complexity index is 3510. The quantitative estimate of drug-likeness (QED) is 0.176. The number of benzene rings is 8. The number of aromatic nitrogens is 4. The molecule has 0 saturated carbocycles. The SMILES string of the molecule is c1ccc(-c2ccc(-c3nc(-c4ccc5c(c4)oc4c5ccc5c4c4ccccc4n5-c4ccccc4)nc(-c4cccc5sc6ccccc6c45)n3)cc2)cc1.